The molecule has 2 amide bonds. The van der Waals surface area contributed by atoms with E-state index in [2.05, 4.69) is 66.3 Å². The van der Waals surface area contributed by atoms with Crippen molar-refractivity contribution in [3.8, 4) is 11.5 Å². The topological polar surface area (TPSA) is 55.1 Å². The van der Waals surface area contributed by atoms with Crippen LogP contribution in [0.15, 0.2) is 91.1 Å². The molecule has 3 heterocycles. The molecular formula is C32H30ClN5O. The molecule has 1 N–H and O–H groups in total. The van der Waals surface area contributed by atoms with Gasteiger partial charge in [0.05, 0.1) is 40.4 Å². The molecule has 0 saturated carbocycles. The first kappa shape index (κ1) is 25.0. The van der Waals surface area contributed by atoms with E-state index in [1.807, 2.05) is 65.0 Å². The van der Waals surface area contributed by atoms with E-state index in [-0.39, 0.29) is 12.1 Å². The molecule has 0 unspecified atom stereocenters. The fourth-order valence-corrected chi connectivity index (χ4v) is 5.73. The maximum atomic E-state index is 14.2. The number of nitrogens with zero attached hydrogens (tertiary/aromatic N) is 4. The zero-order valence-corrected chi connectivity index (χ0v) is 23.0. The highest BCUT2D eigenvalue weighted by atomic mass is 35.5. The predicted molar refractivity (Wildman–Crippen MR) is 156 cm³/mol. The summed E-state index contributed by atoms with van der Waals surface area (Å²) in [5.41, 5.74) is 7.76. The van der Waals surface area contributed by atoms with Crippen molar-refractivity contribution in [3.05, 3.63) is 130 Å². The number of halogens is 1. The van der Waals surface area contributed by atoms with Crippen LogP contribution in [0.1, 0.15) is 46.6 Å². The summed E-state index contributed by atoms with van der Waals surface area (Å²) in [5, 5.41) is 8.64. The fraction of sp³-hybridized carbons (Fsp3) is 0.188. The minimum atomic E-state index is -0.328. The van der Waals surface area contributed by atoms with Gasteiger partial charge in [-0.3, -0.25) is 0 Å². The number of fused-ring (bicyclic) bond motifs is 3. The number of aryl methyl sites for hydroxylation is 3. The van der Waals surface area contributed by atoms with Gasteiger partial charge in [0.1, 0.15) is 5.82 Å². The molecule has 1 aliphatic heterocycles. The van der Waals surface area contributed by atoms with Crippen molar-refractivity contribution in [2.24, 2.45) is 0 Å². The van der Waals surface area contributed by atoms with Crippen molar-refractivity contribution in [2.75, 3.05) is 5.32 Å². The number of amides is 2. The maximum Gasteiger partial charge on any atom is 0.323 e. The van der Waals surface area contributed by atoms with E-state index in [4.69, 9.17) is 16.7 Å². The van der Waals surface area contributed by atoms with Crippen molar-refractivity contribution in [3.63, 3.8) is 0 Å². The van der Waals surface area contributed by atoms with E-state index in [0.29, 0.717) is 17.3 Å². The van der Waals surface area contributed by atoms with Crippen LogP contribution in [0.2, 0.25) is 5.02 Å². The van der Waals surface area contributed by atoms with E-state index in [1.165, 1.54) is 0 Å². The molecule has 6 rings (SSSR count). The number of hydrogen-bond donors (Lipinski definition) is 1. The van der Waals surface area contributed by atoms with E-state index >= 15 is 0 Å². The Balaban J connectivity index is 1.55. The first-order chi connectivity index (χ1) is 18.9. The van der Waals surface area contributed by atoms with Crippen molar-refractivity contribution in [1.29, 1.82) is 0 Å². The summed E-state index contributed by atoms with van der Waals surface area (Å²) in [6, 6.07) is 27.8. The first-order valence-electron chi connectivity index (χ1n) is 13.2. The first-order valence-corrected chi connectivity index (χ1v) is 13.6. The number of aromatic nitrogens is 3. The third-order valence-corrected chi connectivity index (χ3v) is 7.60. The summed E-state index contributed by atoms with van der Waals surface area (Å²) in [4.78, 5) is 16.1. The summed E-state index contributed by atoms with van der Waals surface area (Å²) in [6.45, 7) is 6.55. The van der Waals surface area contributed by atoms with Gasteiger partial charge in [-0.05, 0) is 67.8 Å². The summed E-state index contributed by atoms with van der Waals surface area (Å²) in [6.07, 6.45) is 2.81. The fourth-order valence-electron chi connectivity index (χ4n) is 5.45. The number of nitrogens with one attached hydrogen (secondary N) is 1. The standard InChI is InChI=1S/C32H30ClN5O/c1-4-27-25-20-37(32(39)34-28-16-15-22(3)19-26(28)33)30(23-11-8-10-21(2)18-23)29-14-9-17-36(29)31(25)38(35-27)24-12-6-5-7-13-24/h5-19,30H,4,20H2,1-3H3,(H,34,39)/t30-/m1/s1. The second kappa shape index (κ2) is 10.1. The molecule has 0 fully saturated rings. The van der Waals surface area contributed by atoms with Crippen LogP contribution in [-0.2, 0) is 13.0 Å². The van der Waals surface area contributed by atoms with Crippen LogP contribution in [0.25, 0.3) is 11.5 Å². The van der Waals surface area contributed by atoms with Crippen molar-refractivity contribution >= 4 is 23.3 Å². The predicted octanol–water partition coefficient (Wildman–Crippen LogP) is 7.63. The monoisotopic (exact) mass is 535 g/mol. The van der Waals surface area contributed by atoms with E-state index < -0.39 is 0 Å². The molecule has 0 radical (unpaired) electrons. The van der Waals surface area contributed by atoms with Crippen LogP contribution in [0.5, 0.6) is 0 Å². The second-order valence-electron chi connectivity index (χ2n) is 10.0. The van der Waals surface area contributed by atoms with Crippen molar-refractivity contribution < 1.29 is 4.79 Å². The molecular weight excluding hydrogens is 506 g/mol. The molecule has 0 spiro atoms. The Morgan fingerprint density at radius 3 is 2.51 bits per heavy atom. The number of para-hydroxylation sites is 1. The zero-order valence-electron chi connectivity index (χ0n) is 22.2. The number of anilines is 1. The van der Waals surface area contributed by atoms with Gasteiger partial charge in [0, 0.05) is 11.8 Å². The second-order valence-corrected chi connectivity index (χ2v) is 10.4. The summed E-state index contributed by atoms with van der Waals surface area (Å²) in [5.74, 6) is 0.958. The van der Waals surface area contributed by atoms with Crippen molar-refractivity contribution in [1.82, 2.24) is 19.2 Å². The van der Waals surface area contributed by atoms with Gasteiger partial charge < -0.3 is 14.8 Å². The molecule has 196 valence electrons. The van der Waals surface area contributed by atoms with Gasteiger partial charge in [0.15, 0.2) is 0 Å². The molecule has 3 aromatic carbocycles. The van der Waals surface area contributed by atoms with Crippen molar-refractivity contribution in [2.45, 2.75) is 39.8 Å². The molecule has 6 nitrogen and oxygen atoms in total. The Bertz CT molecular complexity index is 1670. The maximum absolute atomic E-state index is 14.2. The summed E-state index contributed by atoms with van der Waals surface area (Å²) < 4.78 is 4.19. The molecule has 39 heavy (non-hydrogen) atoms. The number of carbonyl (C=O) groups is 1. The average Bonchev–Trinajstić information content (AvgIpc) is 3.51. The minimum absolute atomic E-state index is 0.220. The molecule has 0 bridgehead atoms. The lowest BCUT2D eigenvalue weighted by Crippen LogP contribution is -2.38. The highest BCUT2D eigenvalue weighted by molar-refractivity contribution is 6.33. The van der Waals surface area contributed by atoms with Gasteiger partial charge in [0.25, 0.3) is 0 Å². The highest BCUT2D eigenvalue weighted by Crippen LogP contribution is 2.39. The Labute approximate surface area is 233 Å². The van der Waals surface area contributed by atoms with Crippen LogP contribution in [0.4, 0.5) is 10.5 Å². The van der Waals surface area contributed by atoms with Crippen LogP contribution >= 0.6 is 11.6 Å². The Morgan fingerprint density at radius 1 is 0.974 bits per heavy atom. The third kappa shape index (κ3) is 4.51. The molecule has 7 heteroatoms. The number of hydrogen-bond acceptors (Lipinski definition) is 2. The lowest BCUT2D eigenvalue weighted by Gasteiger charge is -2.31. The van der Waals surface area contributed by atoms with Crippen LogP contribution in [0, 0.1) is 13.8 Å². The Kier molecular flexibility index (Phi) is 6.49. The minimum Gasteiger partial charge on any atom is -0.307 e. The normalized spacial score (nSPS) is 14.5. The van der Waals surface area contributed by atoms with E-state index in [9.17, 15) is 4.79 Å². The van der Waals surface area contributed by atoms with E-state index in [0.717, 1.165) is 51.6 Å². The van der Waals surface area contributed by atoms with Gasteiger partial charge in [0.2, 0.25) is 0 Å². The highest BCUT2D eigenvalue weighted by Gasteiger charge is 2.36. The molecule has 1 aliphatic rings. The summed E-state index contributed by atoms with van der Waals surface area (Å²) in [7, 11) is 0. The number of urea groups is 1. The Hall–Kier alpha value is -4.29. The SMILES string of the molecule is CCc1nn(-c2ccccc2)c2c1CN(C(=O)Nc1ccc(C)cc1Cl)[C@H](c1cccc(C)c1)c1cccn1-2. The Morgan fingerprint density at radius 2 is 1.77 bits per heavy atom. The molecule has 2 aromatic heterocycles. The van der Waals surface area contributed by atoms with Gasteiger partial charge in [-0.2, -0.15) is 5.10 Å². The van der Waals surface area contributed by atoms with Crippen LogP contribution in [-0.4, -0.2) is 25.3 Å². The average molecular weight is 536 g/mol. The van der Waals surface area contributed by atoms with E-state index in [1.54, 1.807) is 0 Å². The van der Waals surface area contributed by atoms with Crippen LogP contribution in [0.3, 0.4) is 0 Å². The van der Waals surface area contributed by atoms with Gasteiger partial charge in [-0.25, -0.2) is 9.48 Å². The zero-order chi connectivity index (χ0) is 27.1. The van der Waals surface area contributed by atoms with Gasteiger partial charge >= 0.3 is 6.03 Å². The van der Waals surface area contributed by atoms with Crippen LogP contribution < -0.4 is 5.32 Å². The smallest absolute Gasteiger partial charge is 0.307 e. The van der Waals surface area contributed by atoms with Gasteiger partial charge in [-0.1, -0.05) is 72.6 Å². The molecule has 1 atom stereocenters. The lowest BCUT2D eigenvalue weighted by atomic mass is 10.00. The number of rotatable bonds is 4. The molecule has 0 saturated heterocycles. The lowest BCUT2D eigenvalue weighted by molar-refractivity contribution is 0.194. The molecule has 0 aliphatic carbocycles. The largest absolute Gasteiger partial charge is 0.323 e. The number of benzene rings is 3. The molecule has 5 aromatic rings. The third-order valence-electron chi connectivity index (χ3n) is 7.29. The van der Waals surface area contributed by atoms with Gasteiger partial charge in [-0.15, -0.1) is 0 Å². The summed E-state index contributed by atoms with van der Waals surface area (Å²) >= 11 is 6.53. The quantitative estimate of drug-likeness (QED) is 0.257. The number of carbonyl (C=O) groups excluding carboxylic acids is 1.